The maximum absolute atomic E-state index is 14.8. The van der Waals surface area contributed by atoms with Crippen molar-refractivity contribution >= 4 is 17.2 Å². The summed E-state index contributed by atoms with van der Waals surface area (Å²) >= 11 is 1.65. The van der Waals surface area contributed by atoms with Gasteiger partial charge in [-0.25, -0.2) is 13.8 Å². The molecule has 0 amide bonds. The number of thiophene rings is 1. The van der Waals surface area contributed by atoms with Crippen LogP contribution >= 0.6 is 11.3 Å². The number of likely N-dealkylation sites (tertiary alicyclic amines) is 1. The van der Waals surface area contributed by atoms with Gasteiger partial charge in [-0.3, -0.25) is 9.88 Å². The van der Waals surface area contributed by atoms with Crippen LogP contribution in [0.2, 0.25) is 0 Å². The average Bonchev–Trinajstić information content (AvgIpc) is 3.23. The van der Waals surface area contributed by atoms with E-state index < -0.39 is 11.3 Å². The lowest BCUT2D eigenvalue weighted by Crippen LogP contribution is -2.56. The normalized spacial score (nSPS) is 27.0. The van der Waals surface area contributed by atoms with Crippen molar-refractivity contribution in [2.75, 3.05) is 31.1 Å². The summed E-state index contributed by atoms with van der Waals surface area (Å²) in [5, 5.41) is 4.13. The SMILES string of the molecule is FC1(F)CCN(Cc2ccsc2)C[C@@]12CCN(c1cnccn1)C2. The number of aromatic nitrogens is 2. The zero-order valence-electron chi connectivity index (χ0n) is 13.4. The number of halogens is 2. The highest BCUT2D eigenvalue weighted by Gasteiger charge is 2.59. The fourth-order valence-corrected chi connectivity index (χ4v) is 4.57. The number of hydrogen-bond acceptors (Lipinski definition) is 5. The molecule has 128 valence electrons. The summed E-state index contributed by atoms with van der Waals surface area (Å²) in [5.74, 6) is -1.94. The van der Waals surface area contributed by atoms with E-state index in [9.17, 15) is 8.78 Å². The molecule has 1 spiro atoms. The van der Waals surface area contributed by atoms with Crippen LogP contribution in [0.4, 0.5) is 14.6 Å². The molecule has 2 aliphatic rings. The van der Waals surface area contributed by atoms with Crippen LogP contribution in [-0.2, 0) is 6.54 Å². The molecule has 0 radical (unpaired) electrons. The predicted octanol–water partition coefficient (Wildman–Crippen LogP) is 3.28. The van der Waals surface area contributed by atoms with Crippen LogP contribution < -0.4 is 4.90 Å². The third kappa shape index (κ3) is 2.80. The van der Waals surface area contributed by atoms with E-state index in [0.29, 0.717) is 38.4 Å². The van der Waals surface area contributed by atoms with Gasteiger partial charge in [0.05, 0.1) is 11.6 Å². The molecule has 4 nitrogen and oxygen atoms in total. The summed E-state index contributed by atoms with van der Waals surface area (Å²) in [6.07, 6.45) is 5.31. The number of anilines is 1. The van der Waals surface area contributed by atoms with Crippen LogP contribution in [0.15, 0.2) is 35.4 Å². The van der Waals surface area contributed by atoms with E-state index in [4.69, 9.17) is 0 Å². The lowest BCUT2D eigenvalue weighted by molar-refractivity contribution is -0.158. The summed E-state index contributed by atoms with van der Waals surface area (Å²) in [4.78, 5) is 12.5. The Bertz CT molecular complexity index is 679. The van der Waals surface area contributed by atoms with Gasteiger partial charge in [-0.15, -0.1) is 0 Å². The second-order valence-corrected chi connectivity index (χ2v) is 7.59. The molecule has 7 heteroatoms. The third-order valence-electron chi connectivity index (χ3n) is 5.26. The molecule has 2 aromatic heterocycles. The van der Waals surface area contributed by atoms with Crippen LogP contribution in [0.5, 0.6) is 0 Å². The molecule has 2 aromatic rings. The topological polar surface area (TPSA) is 32.3 Å². The zero-order chi connectivity index (χ0) is 16.6. The highest BCUT2D eigenvalue weighted by molar-refractivity contribution is 7.07. The molecule has 0 saturated carbocycles. The van der Waals surface area contributed by atoms with Gasteiger partial charge in [-0.1, -0.05) is 0 Å². The second kappa shape index (κ2) is 6.04. The van der Waals surface area contributed by atoms with E-state index >= 15 is 0 Å². The van der Waals surface area contributed by atoms with Gasteiger partial charge in [0.25, 0.3) is 5.92 Å². The molecular weight excluding hydrogens is 330 g/mol. The molecule has 0 N–H and O–H groups in total. The number of rotatable bonds is 3. The molecule has 2 fully saturated rings. The summed E-state index contributed by atoms with van der Waals surface area (Å²) in [6, 6.07) is 2.07. The minimum atomic E-state index is -2.63. The van der Waals surface area contributed by atoms with E-state index in [1.807, 2.05) is 10.3 Å². The summed E-state index contributed by atoms with van der Waals surface area (Å²) in [6.45, 7) is 2.61. The number of hydrogen-bond donors (Lipinski definition) is 0. The first-order valence-electron chi connectivity index (χ1n) is 8.20. The van der Waals surface area contributed by atoms with Crippen molar-refractivity contribution in [1.82, 2.24) is 14.9 Å². The monoisotopic (exact) mass is 350 g/mol. The van der Waals surface area contributed by atoms with Crippen molar-refractivity contribution in [2.45, 2.75) is 25.3 Å². The predicted molar refractivity (Wildman–Crippen MR) is 90.5 cm³/mol. The van der Waals surface area contributed by atoms with Gasteiger partial charge >= 0.3 is 0 Å². The van der Waals surface area contributed by atoms with Crippen LogP contribution in [0.1, 0.15) is 18.4 Å². The average molecular weight is 350 g/mol. The number of piperidine rings is 1. The van der Waals surface area contributed by atoms with Crippen LogP contribution in [0.25, 0.3) is 0 Å². The Hall–Kier alpha value is -1.60. The molecule has 1 atom stereocenters. The van der Waals surface area contributed by atoms with Gasteiger partial charge in [0.1, 0.15) is 5.82 Å². The molecule has 4 rings (SSSR count). The fourth-order valence-electron chi connectivity index (χ4n) is 3.91. The molecule has 0 aliphatic carbocycles. The summed E-state index contributed by atoms with van der Waals surface area (Å²) < 4.78 is 29.6. The lowest BCUT2D eigenvalue weighted by atomic mass is 9.75. The first kappa shape index (κ1) is 15.9. The van der Waals surface area contributed by atoms with Gasteiger partial charge < -0.3 is 4.90 Å². The maximum Gasteiger partial charge on any atom is 0.257 e. The maximum atomic E-state index is 14.8. The molecule has 24 heavy (non-hydrogen) atoms. The van der Waals surface area contributed by atoms with Crippen LogP contribution in [0, 0.1) is 5.41 Å². The summed E-state index contributed by atoms with van der Waals surface area (Å²) in [5.41, 5.74) is 0.225. The third-order valence-corrected chi connectivity index (χ3v) is 5.99. The second-order valence-electron chi connectivity index (χ2n) is 6.81. The van der Waals surface area contributed by atoms with Crippen molar-refractivity contribution in [1.29, 1.82) is 0 Å². The van der Waals surface area contributed by atoms with E-state index in [2.05, 4.69) is 26.3 Å². The van der Waals surface area contributed by atoms with Gasteiger partial charge in [-0.05, 0) is 28.8 Å². The highest BCUT2D eigenvalue weighted by Crippen LogP contribution is 2.50. The van der Waals surface area contributed by atoms with Gasteiger partial charge in [0.2, 0.25) is 0 Å². The molecule has 0 bridgehead atoms. The summed E-state index contributed by atoms with van der Waals surface area (Å²) in [7, 11) is 0. The first-order chi connectivity index (χ1) is 11.6. The van der Waals surface area contributed by atoms with Crippen molar-refractivity contribution in [2.24, 2.45) is 5.41 Å². The minimum absolute atomic E-state index is 0.0640. The van der Waals surface area contributed by atoms with Gasteiger partial charge in [-0.2, -0.15) is 11.3 Å². The molecule has 0 aromatic carbocycles. The molecule has 0 unspecified atom stereocenters. The molecule has 4 heterocycles. The lowest BCUT2D eigenvalue weighted by Gasteiger charge is -2.46. The van der Waals surface area contributed by atoms with Crippen LogP contribution in [-0.4, -0.2) is 47.0 Å². The van der Waals surface area contributed by atoms with E-state index in [1.165, 1.54) is 5.56 Å². The smallest absolute Gasteiger partial charge is 0.257 e. The Morgan fingerprint density at radius 2 is 2.08 bits per heavy atom. The molecule has 2 aliphatic heterocycles. The van der Waals surface area contributed by atoms with Crippen molar-refractivity contribution in [3.8, 4) is 0 Å². The van der Waals surface area contributed by atoms with Gasteiger partial charge in [0, 0.05) is 51.5 Å². The van der Waals surface area contributed by atoms with E-state index in [-0.39, 0.29) is 6.42 Å². The Morgan fingerprint density at radius 3 is 2.83 bits per heavy atom. The van der Waals surface area contributed by atoms with Crippen molar-refractivity contribution in [3.63, 3.8) is 0 Å². The van der Waals surface area contributed by atoms with E-state index in [0.717, 1.165) is 6.54 Å². The van der Waals surface area contributed by atoms with Crippen LogP contribution in [0.3, 0.4) is 0 Å². The Kier molecular flexibility index (Phi) is 4.00. The number of nitrogens with zero attached hydrogens (tertiary/aromatic N) is 4. The van der Waals surface area contributed by atoms with Crippen molar-refractivity contribution < 1.29 is 8.78 Å². The molecular formula is C17H20F2N4S. The fraction of sp³-hybridized carbons (Fsp3) is 0.529. The largest absolute Gasteiger partial charge is 0.354 e. The first-order valence-corrected chi connectivity index (χ1v) is 9.15. The highest BCUT2D eigenvalue weighted by atomic mass is 32.1. The zero-order valence-corrected chi connectivity index (χ0v) is 14.2. The molecule has 2 saturated heterocycles. The quantitative estimate of drug-likeness (QED) is 0.850. The standard InChI is InChI=1S/C17H20F2N4S/c18-17(19)3-6-22(10-14-1-8-24-11-14)12-16(17)2-7-23(13-16)15-9-20-4-5-21-15/h1,4-5,8-9,11H,2-3,6-7,10,12-13H2/t16-/m1/s1. The van der Waals surface area contributed by atoms with Crippen molar-refractivity contribution in [3.05, 3.63) is 41.0 Å². The van der Waals surface area contributed by atoms with Gasteiger partial charge in [0.15, 0.2) is 0 Å². The Labute approximate surface area is 144 Å². The Morgan fingerprint density at radius 1 is 1.17 bits per heavy atom. The van der Waals surface area contributed by atoms with E-state index in [1.54, 1.807) is 29.9 Å². The number of alkyl halides is 2. The minimum Gasteiger partial charge on any atom is -0.354 e. The Balaban J connectivity index is 1.53.